The van der Waals surface area contributed by atoms with Crippen LogP contribution in [0.1, 0.15) is 79.6 Å². The first kappa shape index (κ1) is 33.1. The van der Waals surface area contributed by atoms with Crippen molar-refractivity contribution < 1.29 is 34.4 Å². The van der Waals surface area contributed by atoms with Gasteiger partial charge in [0.25, 0.3) is 0 Å². The molecule has 3 atom stereocenters. The van der Waals surface area contributed by atoms with E-state index in [1.54, 1.807) is 6.07 Å². The van der Waals surface area contributed by atoms with Crippen molar-refractivity contribution in [3.63, 3.8) is 0 Å². The number of unbranched alkanes of at least 4 members (excludes halogenated alkanes) is 1. The molecule has 240 valence electrons. The van der Waals surface area contributed by atoms with Crippen LogP contribution >= 0.6 is 11.6 Å². The maximum Gasteiger partial charge on any atom is 0.303 e. The molecular weight excluding hydrogens is 596 g/mol. The first-order chi connectivity index (χ1) is 21.7. The number of nitrogens with one attached hydrogen (secondary N) is 1. The van der Waals surface area contributed by atoms with Crippen molar-refractivity contribution in [1.29, 1.82) is 0 Å². The number of ether oxygens (including phenoxy) is 2. The number of rotatable bonds is 12. The summed E-state index contributed by atoms with van der Waals surface area (Å²) >= 11 is 6.06. The number of hydrogen-bond acceptors (Lipinski definition) is 7. The van der Waals surface area contributed by atoms with Crippen molar-refractivity contribution in [3.05, 3.63) is 100 Å². The Kier molecular flexibility index (Phi) is 11.3. The second-order valence-corrected chi connectivity index (χ2v) is 12.4. The third kappa shape index (κ3) is 9.13. The molecule has 0 unspecified atom stereocenters. The molecule has 3 aromatic carbocycles. The summed E-state index contributed by atoms with van der Waals surface area (Å²) in [4.78, 5) is 25.6. The van der Waals surface area contributed by atoms with Gasteiger partial charge in [0.2, 0.25) is 5.91 Å². The van der Waals surface area contributed by atoms with E-state index < -0.39 is 17.9 Å². The van der Waals surface area contributed by atoms with Crippen LogP contribution in [0.2, 0.25) is 5.02 Å². The Morgan fingerprint density at radius 3 is 2.33 bits per heavy atom. The first-order valence-electron chi connectivity index (χ1n) is 15.5. The summed E-state index contributed by atoms with van der Waals surface area (Å²) in [5.41, 5.74) is 3.20. The number of benzene rings is 3. The Bertz CT molecular complexity index is 1420. The van der Waals surface area contributed by atoms with E-state index in [1.165, 1.54) is 0 Å². The number of halogens is 1. The average Bonchev–Trinajstić information content (AvgIpc) is 3.04. The second kappa shape index (κ2) is 15.3. The van der Waals surface area contributed by atoms with Crippen molar-refractivity contribution in [2.24, 2.45) is 0 Å². The molecule has 2 heterocycles. The molecule has 10 heteroatoms. The van der Waals surface area contributed by atoms with Crippen molar-refractivity contribution in [1.82, 2.24) is 4.90 Å². The SMILES string of the molecule is O=C(O)CCCCC(=O)Nc1cccc([C@H]2O[C@@H](CN3CCC(O)(c4ccc(Cl)cc4)CC3)C[C@@H](c3ccc(CO)cc3)O2)c1. The molecule has 9 nitrogen and oxygen atoms in total. The monoisotopic (exact) mass is 636 g/mol. The summed E-state index contributed by atoms with van der Waals surface area (Å²) < 4.78 is 13.0. The number of carbonyl (C=O) groups excluding carboxylic acids is 1. The highest BCUT2D eigenvalue weighted by atomic mass is 35.5. The molecule has 2 fully saturated rings. The molecule has 0 saturated carbocycles. The van der Waals surface area contributed by atoms with E-state index in [0.717, 1.165) is 22.3 Å². The maximum absolute atomic E-state index is 12.5. The number of carboxylic acids is 1. The zero-order valence-electron chi connectivity index (χ0n) is 25.2. The summed E-state index contributed by atoms with van der Waals surface area (Å²) in [6, 6.07) is 22.6. The van der Waals surface area contributed by atoms with Gasteiger partial charge in [-0.2, -0.15) is 0 Å². The Labute approximate surface area is 268 Å². The highest BCUT2D eigenvalue weighted by molar-refractivity contribution is 6.30. The topological polar surface area (TPSA) is 129 Å². The molecule has 5 rings (SSSR count). The van der Waals surface area contributed by atoms with Crippen LogP contribution in [-0.4, -0.2) is 57.8 Å². The molecule has 3 aromatic rings. The van der Waals surface area contributed by atoms with Crippen LogP contribution in [-0.2, 0) is 31.3 Å². The number of anilines is 1. The van der Waals surface area contributed by atoms with Gasteiger partial charge in [-0.3, -0.25) is 9.59 Å². The van der Waals surface area contributed by atoms with Crippen LogP contribution in [0, 0.1) is 0 Å². The molecule has 0 aromatic heterocycles. The van der Waals surface area contributed by atoms with Gasteiger partial charge in [0, 0.05) is 55.2 Å². The van der Waals surface area contributed by atoms with Crippen molar-refractivity contribution in [3.8, 4) is 0 Å². The lowest BCUT2D eigenvalue weighted by Crippen LogP contribution is -2.46. The van der Waals surface area contributed by atoms with E-state index in [-0.39, 0.29) is 37.6 Å². The van der Waals surface area contributed by atoms with E-state index in [4.69, 9.17) is 26.2 Å². The Hall–Kier alpha value is -3.31. The fourth-order valence-corrected chi connectivity index (χ4v) is 6.15. The van der Waals surface area contributed by atoms with Gasteiger partial charge in [-0.05, 0) is 66.6 Å². The van der Waals surface area contributed by atoms with Gasteiger partial charge in [0.05, 0.1) is 24.4 Å². The molecule has 0 bridgehead atoms. The molecule has 0 aliphatic carbocycles. The number of carboxylic acid groups (broad SMARTS) is 1. The van der Waals surface area contributed by atoms with Crippen LogP contribution in [0.3, 0.4) is 0 Å². The summed E-state index contributed by atoms with van der Waals surface area (Å²) in [6.45, 7) is 2.08. The molecule has 0 radical (unpaired) electrons. The number of hydrogen-bond donors (Lipinski definition) is 4. The second-order valence-electron chi connectivity index (χ2n) is 12.0. The van der Waals surface area contributed by atoms with Gasteiger partial charge >= 0.3 is 5.97 Å². The molecule has 0 spiro atoms. The first-order valence-corrected chi connectivity index (χ1v) is 15.9. The molecule has 45 heavy (non-hydrogen) atoms. The summed E-state index contributed by atoms with van der Waals surface area (Å²) in [5.74, 6) is -1.04. The van der Waals surface area contributed by atoms with Gasteiger partial charge in [-0.1, -0.05) is 60.1 Å². The van der Waals surface area contributed by atoms with Crippen LogP contribution in [0.15, 0.2) is 72.8 Å². The number of nitrogens with zero attached hydrogens (tertiary/aromatic N) is 1. The fraction of sp³-hybridized carbons (Fsp3) is 0.429. The third-order valence-electron chi connectivity index (χ3n) is 8.63. The molecule has 2 aliphatic rings. The highest BCUT2D eigenvalue weighted by Gasteiger charge is 2.37. The highest BCUT2D eigenvalue weighted by Crippen LogP contribution is 2.40. The third-order valence-corrected chi connectivity index (χ3v) is 8.88. The number of aliphatic hydroxyl groups is 2. The number of likely N-dealkylation sites (tertiary alicyclic amines) is 1. The van der Waals surface area contributed by atoms with E-state index in [1.807, 2.05) is 66.7 Å². The van der Waals surface area contributed by atoms with Crippen molar-refractivity contribution >= 4 is 29.2 Å². The lowest BCUT2D eigenvalue weighted by molar-refractivity contribution is -0.253. The summed E-state index contributed by atoms with van der Waals surface area (Å²) in [7, 11) is 0. The Morgan fingerprint density at radius 2 is 1.64 bits per heavy atom. The maximum atomic E-state index is 12.5. The van der Waals surface area contributed by atoms with Gasteiger partial charge < -0.3 is 35.0 Å². The van der Waals surface area contributed by atoms with Crippen LogP contribution in [0.25, 0.3) is 0 Å². The number of aliphatic hydroxyl groups excluding tert-OH is 1. The van der Waals surface area contributed by atoms with Crippen molar-refractivity contribution in [2.75, 3.05) is 25.0 Å². The minimum atomic E-state index is -0.891. The van der Waals surface area contributed by atoms with Gasteiger partial charge in [0.1, 0.15) is 0 Å². The summed E-state index contributed by atoms with van der Waals surface area (Å²) in [6.07, 6.45) is 2.01. The minimum Gasteiger partial charge on any atom is -0.481 e. The van der Waals surface area contributed by atoms with Gasteiger partial charge in [0.15, 0.2) is 6.29 Å². The van der Waals surface area contributed by atoms with E-state index in [0.29, 0.717) is 62.4 Å². The average molecular weight is 637 g/mol. The lowest BCUT2D eigenvalue weighted by atomic mass is 9.84. The Morgan fingerprint density at radius 1 is 0.933 bits per heavy atom. The predicted octanol–water partition coefficient (Wildman–Crippen LogP) is 5.94. The summed E-state index contributed by atoms with van der Waals surface area (Å²) in [5, 5.41) is 33.2. The molecule has 4 N–H and O–H groups in total. The van der Waals surface area contributed by atoms with Gasteiger partial charge in [-0.15, -0.1) is 0 Å². The molecule has 1 amide bonds. The molecular formula is C35H41ClN2O7. The predicted molar refractivity (Wildman–Crippen MR) is 171 cm³/mol. The quantitative estimate of drug-likeness (QED) is 0.180. The standard InChI is InChI=1S/C35H41ClN2O7/c36-28-14-12-27(13-15-28)35(43)16-18-38(19-17-35)22-30-21-31(25-10-8-24(23-39)9-11-25)45-34(44-30)26-4-3-5-29(20-26)37-32(40)6-1-2-7-33(41)42/h3-5,8-15,20,30-31,34,39,43H,1-2,6-7,16-19,21-23H2,(H,37,40)(H,41,42)/t30-,31+,34+/m1/s1. The Balaban J connectivity index is 1.26. The molecule has 2 aliphatic heterocycles. The lowest BCUT2D eigenvalue weighted by Gasteiger charge is -2.42. The van der Waals surface area contributed by atoms with Crippen molar-refractivity contribution in [2.45, 2.75) is 75.7 Å². The van der Waals surface area contributed by atoms with E-state index in [9.17, 15) is 19.8 Å². The zero-order valence-corrected chi connectivity index (χ0v) is 26.0. The molecule has 2 saturated heterocycles. The van der Waals surface area contributed by atoms with Crippen LogP contribution in [0.5, 0.6) is 0 Å². The minimum absolute atomic E-state index is 0.0322. The number of amides is 1. The normalized spacial score (nSPS) is 21.7. The fourth-order valence-electron chi connectivity index (χ4n) is 6.02. The van der Waals surface area contributed by atoms with Gasteiger partial charge in [-0.25, -0.2) is 0 Å². The number of carbonyl (C=O) groups is 2. The smallest absolute Gasteiger partial charge is 0.303 e. The number of aliphatic carboxylic acids is 1. The van der Waals surface area contributed by atoms with Crippen LogP contribution in [0.4, 0.5) is 5.69 Å². The number of piperidine rings is 1. The van der Waals surface area contributed by atoms with E-state index >= 15 is 0 Å². The zero-order chi connectivity index (χ0) is 31.8. The van der Waals surface area contributed by atoms with E-state index in [2.05, 4.69) is 10.2 Å². The largest absolute Gasteiger partial charge is 0.481 e. The van der Waals surface area contributed by atoms with Crippen LogP contribution < -0.4 is 5.32 Å².